The van der Waals surface area contributed by atoms with E-state index in [1.165, 1.54) is 46.6 Å². The lowest BCUT2D eigenvalue weighted by molar-refractivity contribution is -0.130. The molecule has 0 aliphatic carbocycles. The molecule has 1 N–H and O–H groups in total. The zero-order chi connectivity index (χ0) is 28.4. The van der Waals surface area contributed by atoms with E-state index in [0.717, 1.165) is 0 Å². The zero-order valence-corrected chi connectivity index (χ0v) is 22.2. The van der Waals surface area contributed by atoms with Crippen molar-refractivity contribution in [3.05, 3.63) is 64.7 Å². The quantitative estimate of drug-likeness (QED) is 0.289. The van der Waals surface area contributed by atoms with Crippen LogP contribution in [-0.4, -0.2) is 58.9 Å². The Morgan fingerprint density at radius 2 is 1.35 bits per heavy atom. The largest absolute Gasteiger partial charge is 0.493 e. The van der Waals surface area contributed by atoms with Gasteiger partial charge in [-0.3, -0.25) is 4.79 Å². The fourth-order valence-corrected chi connectivity index (χ4v) is 4.64. The second kappa shape index (κ2) is 11.0. The molecular weight excluding hydrogens is 524 g/mol. The number of carbonyl (C=O) groups is 2. The van der Waals surface area contributed by atoms with Gasteiger partial charge in [0, 0.05) is 17.6 Å². The number of methoxy groups -OCH3 is 4. The number of allylic oxidation sites excluding steroid dienone is 1. The maximum atomic E-state index is 14.1. The van der Waals surface area contributed by atoms with E-state index in [1.807, 2.05) is 0 Å². The van der Waals surface area contributed by atoms with Crippen molar-refractivity contribution in [2.45, 2.75) is 6.42 Å². The van der Waals surface area contributed by atoms with Crippen LogP contribution in [0.15, 0.2) is 48.0 Å². The third kappa shape index (κ3) is 4.77. The van der Waals surface area contributed by atoms with E-state index >= 15 is 0 Å². The van der Waals surface area contributed by atoms with Gasteiger partial charge in [0.25, 0.3) is 0 Å². The maximum absolute atomic E-state index is 14.1. The minimum Gasteiger partial charge on any atom is -0.493 e. The molecule has 0 aromatic heterocycles. The summed E-state index contributed by atoms with van der Waals surface area (Å²) in [6, 6.07) is 11.0. The SMILES string of the molecule is COc1cc(CC(C(=O)c2ccc3c(c2)OCO3)=C(C(=O)O)c2cc(OC)c3c(c2)OCO3)cc(OC)c1OC. The standard InChI is InChI=1S/C29H26O11/c1-33-21-8-15(9-22(34-2)27(21)36-4)7-18(26(30)16-5-6-19-20(10-16)38-13-37-19)25(29(31)32)17-11-23(35-3)28-24(12-17)39-14-40-28/h5-6,8-12H,7,13-14H2,1-4H3,(H,31,32). The molecule has 0 spiro atoms. The average molecular weight is 551 g/mol. The lowest BCUT2D eigenvalue weighted by Gasteiger charge is -2.17. The van der Waals surface area contributed by atoms with E-state index < -0.39 is 11.8 Å². The number of Topliss-reactive ketones (excluding diaryl/α,β-unsaturated/α-hetero) is 1. The highest BCUT2D eigenvalue weighted by molar-refractivity contribution is 6.26. The van der Waals surface area contributed by atoms with E-state index in [-0.39, 0.29) is 48.0 Å². The summed E-state index contributed by atoms with van der Waals surface area (Å²) in [6.07, 6.45) is -0.0949. The van der Waals surface area contributed by atoms with E-state index in [0.29, 0.717) is 45.8 Å². The predicted octanol–water partition coefficient (Wildman–Crippen LogP) is 4.14. The highest BCUT2D eigenvalue weighted by Crippen LogP contribution is 2.45. The smallest absolute Gasteiger partial charge is 0.336 e. The zero-order valence-electron chi connectivity index (χ0n) is 22.2. The number of carbonyl (C=O) groups excluding carboxylic acids is 1. The molecule has 3 aromatic carbocycles. The van der Waals surface area contributed by atoms with Crippen LogP contribution in [-0.2, 0) is 11.2 Å². The highest BCUT2D eigenvalue weighted by Gasteiger charge is 2.29. The Morgan fingerprint density at radius 1 is 0.725 bits per heavy atom. The van der Waals surface area contributed by atoms with Gasteiger partial charge in [0.15, 0.2) is 40.3 Å². The fourth-order valence-electron chi connectivity index (χ4n) is 4.64. The number of hydrogen-bond donors (Lipinski definition) is 1. The Morgan fingerprint density at radius 3 is 2.00 bits per heavy atom. The van der Waals surface area contributed by atoms with Gasteiger partial charge < -0.3 is 43.0 Å². The van der Waals surface area contributed by atoms with Crippen LogP contribution in [0.1, 0.15) is 21.5 Å². The monoisotopic (exact) mass is 550 g/mol. The number of rotatable bonds is 10. The third-order valence-electron chi connectivity index (χ3n) is 6.48. The molecule has 208 valence electrons. The lowest BCUT2D eigenvalue weighted by atomic mass is 9.89. The van der Waals surface area contributed by atoms with Crippen molar-refractivity contribution in [3.8, 4) is 46.0 Å². The molecule has 0 unspecified atom stereocenters. The van der Waals surface area contributed by atoms with Crippen LogP contribution in [0.2, 0.25) is 0 Å². The van der Waals surface area contributed by atoms with Crippen molar-refractivity contribution >= 4 is 17.3 Å². The minimum atomic E-state index is -1.32. The molecular formula is C29H26O11. The molecule has 0 bridgehead atoms. The molecule has 11 nitrogen and oxygen atoms in total. The van der Waals surface area contributed by atoms with Gasteiger partial charge >= 0.3 is 5.97 Å². The number of hydrogen-bond acceptors (Lipinski definition) is 10. The van der Waals surface area contributed by atoms with E-state index in [1.54, 1.807) is 24.3 Å². The first kappa shape index (κ1) is 26.5. The van der Waals surface area contributed by atoms with Gasteiger partial charge in [0.2, 0.25) is 25.1 Å². The molecule has 5 rings (SSSR count). The van der Waals surface area contributed by atoms with Crippen LogP contribution in [0.3, 0.4) is 0 Å². The summed E-state index contributed by atoms with van der Waals surface area (Å²) in [5.74, 6) is 1.03. The van der Waals surface area contributed by atoms with Crippen LogP contribution in [0, 0.1) is 0 Å². The second-order valence-electron chi connectivity index (χ2n) is 8.68. The number of ether oxygens (including phenoxy) is 8. The number of benzene rings is 3. The maximum Gasteiger partial charge on any atom is 0.336 e. The molecule has 0 amide bonds. The Labute approximate surface area is 229 Å². The second-order valence-corrected chi connectivity index (χ2v) is 8.68. The van der Waals surface area contributed by atoms with Crippen molar-refractivity contribution in [3.63, 3.8) is 0 Å². The predicted molar refractivity (Wildman–Crippen MR) is 140 cm³/mol. The van der Waals surface area contributed by atoms with Gasteiger partial charge in [-0.25, -0.2) is 4.79 Å². The fraction of sp³-hybridized carbons (Fsp3) is 0.241. The van der Waals surface area contributed by atoms with Crippen LogP contribution in [0.25, 0.3) is 5.57 Å². The first-order valence-electron chi connectivity index (χ1n) is 12.1. The highest BCUT2D eigenvalue weighted by atomic mass is 16.7. The molecule has 2 heterocycles. The van der Waals surface area contributed by atoms with Gasteiger partial charge in [-0.1, -0.05) is 0 Å². The van der Waals surface area contributed by atoms with Crippen molar-refractivity contribution in [2.24, 2.45) is 0 Å². The topological polar surface area (TPSA) is 128 Å². The summed E-state index contributed by atoms with van der Waals surface area (Å²) >= 11 is 0. The summed E-state index contributed by atoms with van der Waals surface area (Å²) in [5.41, 5.74) is 0.711. The normalized spacial score (nSPS) is 13.4. The first-order valence-corrected chi connectivity index (χ1v) is 12.1. The van der Waals surface area contributed by atoms with Gasteiger partial charge in [-0.2, -0.15) is 0 Å². The molecule has 11 heteroatoms. The molecule has 0 saturated heterocycles. The van der Waals surface area contributed by atoms with Gasteiger partial charge in [-0.15, -0.1) is 0 Å². The van der Waals surface area contributed by atoms with E-state index in [4.69, 9.17) is 37.9 Å². The van der Waals surface area contributed by atoms with Crippen molar-refractivity contribution in [2.75, 3.05) is 42.0 Å². The van der Waals surface area contributed by atoms with E-state index in [2.05, 4.69) is 0 Å². The molecule has 40 heavy (non-hydrogen) atoms. The number of carboxylic acid groups (broad SMARTS) is 1. The number of fused-ring (bicyclic) bond motifs is 2. The molecule has 2 aliphatic heterocycles. The van der Waals surface area contributed by atoms with Gasteiger partial charge in [-0.05, 0) is 53.6 Å². The molecule has 0 radical (unpaired) electrons. The van der Waals surface area contributed by atoms with Gasteiger partial charge in [0.05, 0.1) is 34.0 Å². The number of aliphatic carboxylic acids is 1. The summed E-state index contributed by atoms with van der Waals surface area (Å²) in [4.78, 5) is 27.0. The Bertz CT molecular complexity index is 1500. The van der Waals surface area contributed by atoms with Crippen LogP contribution in [0.4, 0.5) is 0 Å². The lowest BCUT2D eigenvalue weighted by Crippen LogP contribution is -2.14. The number of ketones is 1. The van der Waals surface area contributed by atoms with Crippen molar-refractivity contribution in [1.82, 2.24) is 0 Å². The van der Waals surface area contributed by atoms with Crippen LogP contribution in [0.5, 0.6) is 46.0 Å². The first-order chi connectivity index (χ1) is 19.4. The summed E-state index contributed by atoms with van der Waals surface area (Å²) < 4.78 is 43.6. The Balaban J connectivity index is 1.72. The Hall–Kier alpha value is -5.06. The minimum absolute atomic E-state index is 0.0124. The molecule has 0 fully saturated rings. The van der Waals surface area contributed by atoms with Crippen molar-refractivity contribution in [1.29, 1.82) is 0 Å². The summed E-state index contributed by atoms with van der Waals surface area (Å²) in [6.45, 7) is -0.0197. The van der Waals surface area contributed by atoms with E-state index in [9.17, 15) is 14.7 Å². The summed E-state index contributed by atoms with van der Waals surface area (Å²) in [7, 11) is 5.85. The Kier molecular flexibility index (Phi) is 7.28. The average Bonchev–Trinajstić information content (AvgIpc) is 3.64. The van der Waals surface area contributed by atoms with Crippen LogP contribution < -0.4 is 37.9 Å². The van der Waals surface area contributed by atoms with Crippen LogP contribution >= 0.6 is 0 Å². The summed E-state index contributed by atoms with van der Waals surface area (Å²) in [5, 5.41) is 10.5. The van der Waals surface area contributed by atoms with Crippen molar-refractivity contribution < 1.29 is 52.6 Å². The molecule has 0 saturated carbocycles. The van der Waals surface area contributed by atoms with Gasteiger partial charge in [0.1, 0.15) is 0 Å². The third-order valence-corrected chi connectivity index (χ3v) is 6.48. The molecule has 2 aliphatic rings. The molecule has 0 atom stereocenters. The molecule has 3 aromatic rings. The number of carboxylic acids is 1.